The molecule has 0 aliphatic carbocycles. The molecular formula is C15H21N3O2. The van der Waals surface area contributed by atoms with Gasteiger partial charge in [0.15, 0.2) is 0 Å². The Morgan fingerprint density at radius 3 is 2.70 bits per heavy atom. The number of methoxy groups -OCH3 is 1. The molecule has 0 saturated heterocycles. The third kappa shape index (κ3) is 2.82. The number of rotatable bonds is 5. The maximum absolute atomic E-state index is 10.8. The average molecular weight is 275 g/mol. The van der Waals surface area contributed by atoms with E-state index in [-0.39, 0.29) is 6.04 Å². The van der Waals surface area contributed by atoms with Crippen LogP contribution in [0, 0.1) is 0 Å². The second-order valence-corrected chi connectivity index (χ2v) is 5.37. The topological polar surface area (TPSA) is 60.2 Å². The van der Waals surface area contributed by atoms with Crippen molar-refractivity contribution < 1.29 is 9.84 Å². The molecule has 1 aromatic carbocycles. The van der Waals surface area contributed by atoms with E-state index in [0.29, 0.717) is 12.2 Å². The smallest absolute Gasteiger partial charge is 0.138 e. The van der Waals surface area contributed by atoms with Crippen molar-refractivity contribution in [3.8, 4) is 5.75 Å². The molecule has 1 unspecified atom stereocenters. The first-order valence-corrected chi connectivity index (χ1v) is 6.70. The lowest BCUT2D eigenvalue weighted by atomic mass is 9.91. The van der Waals surface area contributed by atoms with Crippen LogP contribution in [0.5, 0.6) is 5.75 Å². The highest BCUT2D eigenvalue weighted by molar-refractivity contribution is 5.38. The van der Waals surface area contributed by atoms with Crippen LogP contribution in [0.25, 0.3) is 0 Å². The van der Waals surface area contributed by atoms with Crippen LogP contribution in [0.15, 0.2) is 30.6 Å². The molecule has 2 aromatic rings. The van der Waals surface area contributed by atoms with Crippen molar-refractivity contribution in [2.24, 2.45) is 0 Å². The van der Waals surface area contributed by atoms with E-state index < -0.39 is 5.60 Å². The van der Waals surface area contributed by atoms with Gasteiger partial charge in [-0.1, -0.05) is 18.2 Å². The van der Waals surface area contributed by atoms with Crippen molar-refractivity contribution in [1.82, 2.24) is 14.8 Å². The maximum atomic E-state index is 10.8. The van der Waals surface area contributed by atoms with E-state index in [1.165, 1.54) is 6.33 Å². The molecule has 20 heavy (non-hydrogen) atoms. The Morgan fingerprint density at radius 1 is 1.35 bits per heavy atom. The lowest BCUT2D eigenvalue weighted by Crippen LogP contribution is -2.27. The minimum Gasteiger partial charge on any atom is -0.496 e. The van der Waals surface area contributed by atoms with E-state index in [1.807, 2.05) is 42.8 Å². The van der Waals surface area contributed by atoms with Crippen molar-refractivity contribution in [1.29, 1.82) is 0 Å². The molecule has 5 nitrogen and oxygen atoms in total. The maximum Gasteiger partial charge on any atom is 0.138 e. The number of ether oxygens (including phenoxy) is 1. The second kappa shape index (κ2) is 5.63. The zero-order valence-corrected chi connectivity index (χ0v) is 12.4. The molecule has 0 bridgehead atoms. The second-order valence-electron chi connectivity index (χ2n) is 5.37. The number of nitrogens with zero attached hydrogens (tertiary/aromatic N) is 3. The summed E-state index contributed by atoms with van der Waals surface area (Å²) in [5, 5.41) is 15.0. The Balaban J connectivity index is 2.33. The SMILES string of the molecule is COc1ccccc1C(C)(O)Cc1ncnn1C(C)C. The molecule has 5 heteroatoms. The number of aromatic nitrogens is 3. The van der Waals surface area contributed by atoms with Gasteiger partial charge in [0.05, 0.1) is 12.7 Å². The fourth-order valence-electron chi connectivity index (χ4n) is 2.32. The molecular weight excluding hydrogens is 254 g/mol. The number of para-hydroxylation sites is 1. The minimum atomic E-state index is -1.06. The quantitative estimate of drug-likeness (QED) is 0.909. The van der Waals surface area contributed by atoms with Gasteiger partial charge in [-0.15, -0.1) is 0 Å². The van der Waals surface area contributed by atoms with Gasteiger partial charge < -0.3 is 9.84 Å². The molecule has 0 amide bonds. The first kappa shape index (κ1) is 14.5. The van der Waals surface area contributed by atoms with Gasteiger partial charge in [-0.05, 0) is 26.8 Å². The van der Waals surface area contributed by atoms with Crippen molar-refractivity contribution in [3.05, 3.63) is 42.0 Å². The highest BCUT2D eigenvalue weighted by Gasteiger charge is 2.29. The third-order valence-electron chi connectivity index (χ3n) is 3.33. The van der Waals surface area contributed by atoms with Crippen molar-refractivity contribution in [2.75, 3.05) is 7.11 Å². The van der Waals surface area contributed by atoms with Crippen LogP contribution in [0.3, 0.4) is 0 Å². The fraction of sp³-hybridized carbons (Fsp3) is 0.467. The molecule has 1 aromatic heterocycles. The van der Waals surface area contributed by atoms with Crippen LogP contribution in [0.2, 0.25) is 0 Å². The van der Waals surface area contributed by atoms with Crippen LogP contribution in [0.1, 0.15) is 38.2 Å². The molecule has 0 radical (unpaired) electrons. The molecule has 1 atom stereocenters. The molecule has 1 heterocycles. The van der Waals surface area contributed by atoms with Crippen molar-refractivity contribution in [2.45, 2.75) is 38.8 Å². The molecule has 1 N–H and O–H groups in total. The van der Waals surface area contributed by atoms with Crippen molar-refractivity contribution in [3.63, 3.8) is 0 Å². The lowest BCUT2D eigenvalue weighted by Gasteiger charge is -2.25. The number of hydrogen-bond acceptors (Lipinski definition) is 4. The van der Waals surface area contributed by atoms with E-state index in [0.717, 1.165) is 11.4 Å². The van der Waals surface area contributed by atoms with Crippen LogP contribution in [-0.2, 0) is 12.0 Å². The summed E-state index contributed by atoms with van der Waals surface area (Å²) >= 11 is 0. The summed E-state index contributed by atoms with van der Waals surface area (Å²) in [6.45, 7) is 5.84. The monoisotopic (exact) mass is 275 g/mol. The Bertz CT molecular complexity index is 576. The highest BCUT2D eigenvalue weighted by Crippen LogP contribution is 2.32. The van der Waals surface area contributed by atoms with Crippen molar-refractivity contribution >= 4 is 0 Å². The number of aliphatic hydroxyl groups is 1. The van der Waals surface area contributed by atoms with Gasteiger partial charge in [0.25, 0.3) is 0 Å². The summed E-state index contributed by atoms with van der Waals surface area (Å²) in [6.07, 6.45) is 1.90. The Morgan fingerprint density at radius 2 is 2.05 bits per heavy atom. The molecule has 108 valence electrons. The van der Waals surface area contributed by atoms with E-state index in [4.69, 9.17) is 4.74 Å². The summed E-state index contributed by atoms with van der Waals surface area (Å²) in [5.41, 5.74) is -0.312. The first-order valence-electron chi connectivity index (χ1n) is 6.70. The predicted molar refractivity (Wildman–Crippen MR) is 76.7 cm³/mol. The summed E-state index contributed by atoms with van der Waals surface area (Å²) < 4.78 is 7.15. The van der Waals surface area contributed by atoms with Gasteiger partial charge in [0.1, 0.15) is 17.9 Å². The van der Waals surface area contributed by atoms with E-state index in [2.05, 4.69) is 10.1 Å². The fourth-order valence-corrected chi connectivity index (χ4v) is 2.32. The normalized spacial score (nSPS) is 14.3. The minimum absolute atomic E-state index is 0.209. The summed E-state index contributed by atoms with van der Waals surface area (Å²) in [4.78, 5) is 4.25. The largest absolute Gasteiger partial charge is 0.496 e. The van der Waals surface area contributed by atoms with Gasteiger partial charge in [-0.3, -0.25) is 0 Å². The standard InChI is InChI=1S/C15H21N3O2/c1-11(2)18-14(16-10-17-18)9-15(3,19)12-7-5-6-8-13(12)20-4/h5-8,10-11,19H,9H2,1-4H3. The van der Waals surface area contributed by atoms with Crippen LogP contribution in [0.4, 0.5) is 0 Å². The summed E-state index contributed by atoms with van der Waals surface area (Å²) in [5.74, 6) is 1.43. The van der Waals surface area contributed by atoms with Gasteiger partial charge in [0, 0.05) is 18.0 Å². The van der Waals surface area contributed by atoms with Crippen LogP contribution < -0.4 is 4.74 Å². The van der Waals surface area contributed by atoms with E-state index >= 15 is 0 Å². The van der Waals surface area contributed by atoms with E-state index in [9.17, 15) is 5.11 Å². The molecule has 0 aliphatic heterocycles. The van der Waals surface area contributed by atoms with Gasteiger partial charge in [-0.25, -0.2) is 9.67 Å². The Labute approximate surface area is 119 Å². The Kier molecular flexibility index (Phi) is 4.09. The molecule has 0 fully saturated rings. The van der Waals surface area contributed by atoms with Crippen LogP contribution in [-0.4, -0.2) is 27.0 Å². The summed E-state index contributed by atoms with van der Waals surface area (Å²) in [7, 11) is 1.60. The molecule has 0 aliphatic rings. The lowest BCUT2D eigenvalue weighted by molar-refractivity contribution is 0.0513. The number of hydrogen-bond donors (Lipinski definition) is 1. The predicted octanol–water partition coefficient (Wildman–Crippen LogP) is 2.32. The zero-order valence-electron chi connectivity index (χ0n) is 12.4. The highest BCUT2D eigenvalue weighted by atomic mass is 16.5. The van der Waals surface area contributed by atoms with Crippen LogP contribution >= 0.6 is 0 Å². The van der Waals surface area contributed by atoms with E-state index in [1.54, 1.807) is 14.0 Å². The molecule has 0 saturated carbocycles. The number of benzene rings is 1. The third-order valence-corrected chi connectivity index (χ3v) is 3.33. The molecule has 0 spiro atoms. The first-order chi connectivity index (χ1) is 9.45. The zero-order chi connectivity index (χ0) is 14.8. The summed E-state index contributed by atoms with van der Waals surface area (Å²) in [6, 6.07) is 7.70. The van der Waals surface area contributed by atoms with Gasteiger partial charge >= 0.3 is 0 Å². The average Bonchev–Trinajstić information content (AvgIpc) is 2.86. The van der Waals surface area contributed by atoms with Gasteiger partial charge in [0.2, 0.25) is 0 Å². The Hall–Kier alpha value is -1.88. The van der Waals surface area contributed by atoms with Gasteiger partial charge in [-0.2, -0.15) is 5.10 Å². The molecule has 2 rings (SSSR count).